The van der Waals surface area contributed by atoms with Gasteiger partial charge in [-0.1, -0.05) is 23.2 Å². The van der Waals surface area contributed by atoms with Crippen LogP contribution in [0.1, 0.15) is 11.3 Å². The highest BCUT2D eigenvalue weighted by molar-refractivity contribution is 6.34. The largest absolute Gasteiger partial charge is 0.380 e. The Morgan fingerprint density at radius 2 is 1.86 bits per heavy atom. The molecule has 0 spiro atoms. The van der Waals surface area contributed by atoms with Gasteiger partial charge in [0, 0.05) is 29.0 Å². The number of aryl methyl sites for hydroxylation is 2. The first-order valence-electron chi connectivity index (χ1n) is 6.51. The molecule has 3 aromatic rings. The summed E-state index contributed by atoms with van der Waals surface area (Å²) in [5.41, 5.74) is 3.81. The van der Waals surface area contributed by atoms with Crippen LogP contribution in [0.2, 0.25) is 10.0 Å². The summed E-state index contributed by atoms with van der Waals surface area (Å²) >= 11 is 12.0. The first-order valence-corrected chi connectivity index (χ1v) is 7.27. The van der Waals surface area contributed by atoms with E-state index in [1.807, 2.05) is 26.1 Å². The van der Waals surface area contributed by atoms with Crippen LogP contribution >= 0.6 is 23.2 Å². The third kappa shape index (κ3) is 2.96. The Morgan fingerprint density at radius 1 is 1.14 bits per heavy atom. The first kappa shape index (κ1) is 14.2. The van der Waals surface area contributed by atoms with Crippen molar-refractivity contribution in [2.24, 2.45) is 7.05 Å². The number of anilines is 1. The van der Waals surface area contributed by atoms with Crippen molar-refractivity contribution >= 4 is 39.9 Å². The summed E-state index contributed by atoms with van der Waals surface area (Å²) in [6.45, 7) is 2.61. The smallest absolute Gasteiger partial charge is 0.157 e. The highest BCUT2D eigenvalue weighted by Gasteiger charge is 2.07. The molecule has 0 saturated heterocycles. The molecule has 0 fully saturated rings. The summed E-state index contributed by atoms with van der Waals surface area (Å²) in [6.07, 6.45) is 1.80. The molecule has 1 N–H and O–H groups in total. The molecule has 0 saturated carbocycles. The van der Waals surface area contributed by atoms with Gasteiger partial charge in [0.1, 0.15) is 0 Å². The monoisotopic (exact) mass is 320 g/mol. The lowest BCUT2D eigenvalue weighted by Gasteiger charge is -2.07. The average molecular weight is 321 g/mol. The lowest BCUT2D eigenvalue weighted by molar-refractivity contribution is 0.774. The molecule has 108 valence electrons. The van der Waals surface area contributed by atoms with Crippen molar-refractivity contribution < 1.29 is 0 Å². The van der Waals surface area contributed by atoms with Gasteiger partial charge in [-0.05, 0) is 36.8 Å². The summed E-state index contributed by atoms with van der Waals surface area (Å²) in [5, 5.41) is 10.0. The number of fused-ring (bicyclic) bond motifs is 1. The van der Waals surface area contributed by atoms with Crippen molar-refractivity contribution in [2.45, 2.75) is 13.5 Å². The Kier molecular flexibility index (Phi) is 3.74. The predicted molar refractivity (Wildman–Crippen MR) is 87.0 cm³/mol. The second-order valence-electron chi connectivity index (χ2n) is 4.94. The molecule has 0 aliphatic rings. The van der Waals surface area contributed by atoms with Gasteiger partial charge in [-0.25, -0.2) is 4.98 Å². The van der Waals surface area contributed by atoms with Crippen molar-refractivity contribution in [1.82, 2.24) is 14.8 Å². The van der Waals surface area contributed by atoms with E-state index in [-0.39, 0.29) is 0 Å². The van der Waals surface area contributed by atoms with E-state index in [9.17, 15) is 0 Å². The van der Waals surface area contributed by atoms with Crippen LogP contribution in [0.15, 0.2) is 30.5 Å². The Hall–Kier alpha value is -1.78. The molecule has 4 nitrogen and oxygen atoms in total. The van der Waals surface area contributed by atoms with Gasteiger partial charge >= 0.3 is 0 Å². The molecule has 0 unspecified atom stereocenters. The van der Waals surface area contributed by atoms with Crippen molar-refractivity contribution in [3.63, 3.8) is 0 Å². The predicted octanol–water partition coefficient (Wildman–Crippen LogP) is 4.20. The molecule has 0 atom stereocenters. The minimum Gasteiger partial charge on any atom is -0.380 e. The molecule has 3 rings (SSSR count). The molecule has 2 heterocycles. The van der Waals surface area contributed by atoms with Gasteiger partial charge in [0.15, 0.2) is 5.65 Å². The van der Waals surface area contributed by atoms with E-state index >= 15 is 0 Å². The van der Waals surface area contributed by atoms with E-state index in [0.717, 1.165) is 28.0 Å². The van der Waals surface area contributed by atoms with E-state index in [1.165, 1.54) is 0 Å². The Bertz CT molecular complexity index is 791. The Labute approximate surface area is 132 Å². The highest BCUT2D eigenvalue weighted by atomic mass is 35.5. The second-order valence-corrected chi connectivity index (χ2v) is 5.81. The standard InChI is InChI=1S/C15H14Cl2N4/c1-9-14-6-13(8-19-15(14)21(2)20-9)18-7-10-3-11(16)5-12(17)4-10/h3-6,8,18H,7H2,1-2H3. The van der Waals surface area contributed by atoms with Crippen LogP contribution in [0.4, 0.5) is 5.69 Å². The normalized spacial score (nSPS) is 11.0. The molecule has 1 aromatic carbocycles. The average Bonchev–Trinajstić information content (AvgIpc) is 2.70. The fourth-order valence-electron chi connectivity index (χ4n) is 2.32. The van der Waals surface area contributed by atoms with Crippen molar-refractivity contribution in [1.29, 1.82) is 0 Å². The molecule has 0 bridgehead atoms. The van der Waals surface area contributed by atoms with Gasteiger partial charge in [-0.2, -0.15) is 5.10 Å². The van der Waals surface area contributed by atoms with Crippen LogP contribution in [0.3, 0.4) is 0 Å². The first-order chi connectivity index (χ1) is 10.0. The maximum absolute atomic E-state index is 6.00. The van der Waals surface area contributed by atoms with Crippen molar-refractivity contribution in [3.8, 4) is 0 Å². The summed E-state index contributed by atoms with van der Waals surface area (Å²) in [5.74, 6) is 0. The second kappa shape index (κ2) is 5.54. The van der Waals surface area contributed by atoms with Gasteiger partial charge in [0.2, 0.25) is 0 Å². The number of nitrogens with one attached hydrogen (secondary N) is 1. The third-order valence-corrected chi connectivity index (χ3v) is 3.72. The van der Waals surface area contributed by atoms with Gasteiger partial charge in [0.05, 0.1) is 17.6 Å². The summed E-state index contributed by atoms with van der Waals surface area (Å²) < 4.78 is 1.78. The van der Waals surface area contributed by atoms with Crippen LogP contribution in [-0.2, 0) is 13.6 Å². The molecule has 2 aromatic heterocycles. The number of aromatic nitrogens is 3. The maximum atomic E-state index is 6.00. The molecular formula is C15H14Cl2N4. The Balaban J connectivity index is 1.83. The van der Waals surface area contributed by atoms with Crippen LogP contribution in [0.25, 0.3) is 11.0 Å². The number of halogens is 2. The lowest BCUT2D eigenvalue weighted by atomic mass is 10.2. The number of pyridine rings is 1. The zero-order valence-electron chi connectivity index (χ0n) is 11.7. The van der Waals surface area contributed by atoms with Crippen molar-refractivity contribution in [3.05, 3.63) is 51.8 Å². The highest BCUT2D eigenvalue weighted by Crippen LogP contribution is 2.22. The van der Waals surface area contributed by atoms with Gasteiger partial charge in [0.25, 0.3) is 0 Å². The summed E-state index contributed by atoms with van der Waals surface area (Å²) in [6, 6.07) is 7.56. The minimum atomic E-state index is 0.632. The van der Waals surface area contributed by atoms with Crippen LogP contribution in [0, 0.1) is 6.92 Å². The number of nitrogens with zero attached hydrogens (tertiary/aromatic N) is 3. The molecular weight excluding hydrogens is 307 g/mol. The number of benzene rings is 1. The lowest BCUT2D eigenvalue weighted by Crippen LogP contribution is -2.00. The van der Waals surface area contributed by atoms with E-state index in [1.54, 1.807) is 16.9 Å². The Morgan fingerprint density at radius 3 is 2.57 bits per heavy atom. The zero-order chi connectivity index (χ0) is 15.0. The topological polar surface area (TPSA) is 42.7 Å². The van der Waals surface area contributed by atoms with Crippen LogP contribution < -0.4 is 5.32 Å². The fourth-order valence-corrected chi connectivity index (χ4v) is 2.89. The summed E-state index contributed by atoms with van der Waals surface area (Å²) in [4.78, 5) is 4.43. The van der Waals surface area contributed by atoms with E-state index in [2.05, 4.69) is 21.5 Å². The SMILES string of the molecule is Cc1nn(C)c2ncc(NCc3cc(Cl)cc(Cl)c3)cc12. The molecule has 0 aliphatic heterocycles. The fraction of sp³-hybridized carbons (Fsp3) is 0.200. The molecule has 0 amide bonds. The number of rotatable bonds is 3. The van der Waals surface area contributed by atoms with Crippen molar-refractivity contribution in [2.75, 3.05) is 5.32 Å². The van der Waals surface area contributed by atoms with Gasteiger partial charge < -0.3 is 5.32 Å². The zero-order valence-corrected chi connectivity index (χ0v) is 13.2. The van der Waals surface area contributed by atoms with Crippen LogP contribution in [0.5, 0.6) is 0 Å². The van der Waals surface area contributed by atoms with Crippen LogP contribution in [-0.4, -0.2) is 14.8 Å². The molecule has 6 heteroatoms. The van der Waals surface area contributed by atoms with E-state index < -0.39 is 0 Å². The molecule has 0 radical (unpaired) electrons. The number of hydrogen-bond acceptors (Lipinski definition) is 3. The third-order valence-electron chi connectivity index (χ3n) is 3.28. The minimum absolute atomic E-state index is 0.632. The number of hydrogen-bond donors (Lipinski definition) is 1. The molecule has 21 heavy (non-hydrogen) atoms. The van der Waals surface area contributed by atoms with E-state index in [0.29, 0.717) is 16.6 Å². The van der Waals surface area contributed by atoms with Gasteiger partial charge in [-0.15, -0.1) is 0 Å². The van der Waals surface area contributed by atoms with Gasteiger partial charge in [-0.3, -0.25) is 4.68 Å². The molecule has 0 aliphatic carbocycles. The maximum Gasteiger partial charge on any atom is 0.157 e. The summed E-state index contributed by atoms with van der Waals surface area (Å²) in [7, 11) is 1.89. The quantitative estimate of drug-likeness (QED) is 0.786. The van der Waals surface area contributed by atoms with E-state index in [4.69, 9.17) is 23.2 Å².